The molecule has 29 heavy (non-hydrogen) atoms. The average Bonchev–Trinajstić information content (AvgIpc) is 2.64. The van der Waals surface area contributed by atoms with Crippen molar-refractivity contribution in [2.75, 3.05) is 32.1 Å². The maximum absolute atomic E-state index is 14.0. The molecule has 0 saturated carbocycles. The van der Waals surface area contributed by atoms with Crippen molar-refractivity contribution in [3.63, 3.8) is 0 Å². The monoisotopic (exact) mass is 440 g/mol. The first kappa shape index (κ1) is 22.0. The lowest BCUT2D eigenvalue weighted by molar-refractivity contribution is -0.120. The fourth-order valence-corrected chi connectivity index (χ4v) is 4.40. The second-order valence-corrected chi connectivity index (χ2v) is 8.62. The van der Waals surface area contributed by atoms with Crippen LogP contribution in [0.3, 0.4) is 0 Å². The zero-order valence-electron chi connectivity index (χ0n) is 16.5. The number of piperidine rings is 1. The molecule has 3 rings (SSSR count). The van der Waals surface area contributed by atoms with Crippen molar-refractivity contribution in [1.29, 1.82) is 0 Å². The number of anilines is 1. The van der Waals surface area contributed by atoms with Gasteiger partial charge in [0.05, 0.1) is 15.7 Å². The van der Waals surface area contributed by atoms with Crippen LogP contribution in [0, 0.1) is 17.6 Å². The van der Waals surface area contributed by atoms with Crippen molar-refractivity contribution in [2.24, 2.45) is 5.92 Å². The maximum Gasteiger partial charge on any atom is 0.227 e. The third-order valence-electron chi connectivity index (χ3n) is 5.23. The molecule has 156 valence electrons. The molecular weight excluding hydrogens is 417 g/mol. The highest BCUT2D eigenvalue weighted by atomic mass is 35.5. The predicted octanol–water partition coefficient (Wildman–Crippen LogP) is 5.36. The van der Waals surface area contributed by atoms with Crippen molar-refractivity contribution in [2.45, 2.75) is 25.7 Å². The summed E-state index contributed by atoms with van der Waals surface area (Å²) in [5.74, 6) is -1.17. The Hall–Kier alpha value is -1.69. The van der Waals surface area contributed by atoms with E-state index in [2.05, 4.69) is 4.90 Å². The molecule has 7 heteroatoms. The molecule has 1 heterocycles. The van der Waals surface area contributed by atoms with Crippen LogP contribution in [0.5, 0.6) is 0 Å². The van der Waals surface area contributed by atoms with Crippen LogP contribution in [0.4, 0.5) is 14.5 Å². The van der Waals surface area contributed by atoms with Gasteiger partial charge in [0.15, 0.2) is 0 Å². The number of amides is 1. The van der Waals surface area contributed by atoms with Gasteiger partial charge in [0.25, 0.3) is 0 Å². The first-order chi connectivity index (χ1) is 13.7. The summed E-state index contributed by atoms with van der Waals surface area (Å²) < 4.78 is 27.2. The van der Waals surface area contributed by atoms with E-state index in [1.807, 2.05) is 26.2 Å². The molecule has 1 aliphatic rings. The molecule has 1 aliphatic heterocycles. The number of likely N-dealkylation sites (N-methyl/N-ethyl adjacent to an activating group) is 1. The highest BCUT2D eigenvalue weighted by Gasteiger charge is 2.30. The topological polar surface area (TPSA) is 23.6 Å². The lowest BCUT2D eigenvalue weighted by atomic mass is 9.90. The second kappa shape index (κ2) is 9.41. The lowest BCUT2D eigenvalue weighted by Crippen LogP contribution is -2.41. The second-order valence-electron chi connectivity index (χ2n) is 7.81. The maximum atomic E-state index is 14.0. The molecule has 0 bridgehead atoms. The summed E-state index contributed by atoms with van der Waals surface area (Å²) in [5, 5.41) is 0.876. The Kier molecular flexibility index (Phi) is 7.14. The third kappa shape index (κ3) is 5.47. The van der Waals surface area contributed by atoms with Gasteiger partial charge in [-0.3, -0.25) is 4.79 Å². The molecule has 1 amide bonds. The van der Waals surface area contributed by atoms with E-state index in [0.717, 1.165) is 24.6 Å². The third-order valence-corrected chi connectivity index (χ3v) is 5.80. The summed E-state index contributed by atoms with van der Waals surface area (Å²) in [6.45, 7) is 1.26. The number of halogens is 4. The predicted molar refractivity (Wildman–Crippen MR) is 114 cm³/mol. The van der Waals surface area contributed by atoms with E-state index in [0.29, 0.717) is 47.1 Å². The van der Waals surface area contributed by atoms with E-state index in [-0.39, 0.29) is 11.8 Å². The molecule has 0 aromatic heterocycles. The van der Waals surface area contributed by atoms with Gasteiger partial charge < -0.3 is 9.80 Å². The molecule has 1 unspecified atom stereocenters. The van der Waals surface area contributed by atoms with E-state index >= 15 is 0 Å². The summed E-state index contributed by atoms with van der Waals surface area (Å²) in [6, 6.07) is 7.31. The van der Waals surface area contributed by atoms with Crippen molar-refractivity contribution in [3.05, 3.63) is 63.1 Å². The van der Waals surface area contributed by atoms with Gasteiger partial charge in [0.1, 0.15) is 11.6 Å². The zero-order valence-corrected chi connectivity index (χ0v) is 18.0. The Bertz CT molecular complexity index is 881. The van der Waals surface area contributed by atoms with E-state index in [9.17, 15) is 13.6 Å². The first-order valence-corrected chi connectivity index (χ1v) is 10.4. The summed E-state index contributed by atoms with van der Waals surface area (Å²) in [6.07, 6.45) is 2.20. The van der Waals surface area contributed by atoms with Gasteiger partial charge in [-0.1, -0.05) is 29.3 Å². The molecule has 1 saturated heterocycles. The van der Waals surface area contributed by atoms with Crippen LogP contribution in [0.15, 0.2) is 30.3 Å². The Morgan fingerprint density at radius 3 is 2.45 bits per heavy atom. The number of nitrogens with zero attached hydrogens (tertiary/aromatic N) is 2. The van der Waals surface area contributed by atoms with Gasteiger partial charge in [0, 0.05) is 25.6 Å². The van der Waals surface area contributed by atoms with Crippen molar-refractivity contribution in [1.82, 2.24) is 4.90 Å². The Morgan fingerprint density at radius 1 is 1.14 bits per heavy atom. The van der Waals surface area contributed by atoms with E-state index in [4.69, 9.17) is 23.2 Å². The molecule has 2 aromatic carbocycles. The molecule has 3 nitrogen and oxygen atoms in total. The summed E-state index contributed by atoms with van der Waals surface area (Å²) in [4.78, 5) is 16.3. The van der Waals surface area contributed by atoms with Gasteiger partial charge in [-0.25, -0.2) is 8.78 Å². The fraction of sp³-hybridized carbons (Fsp3) is 0.409. The van der Waals surface area contributed by atoms with Crippen molar-refractivity contribution in [3.8, 4) is 0 Å². The number of benzene rings is 2. The normalized spacial score (nSPS) is 17.3. The quantitative estimate of drug-likeness (QED) is 0.603. The number of carbonyl (C=O) groups excluding carboxylic acids is 1. The van der Waals surface area contributed by atoms with Crippen molar-refractivity contribution < 1.29 is 13.6 Å². The lowest BCUT2D eigenvalue weighted by Gasteiger charge is -2.34. The molecule has 1 atom stereocenters. The summed E-state index contributed by atoms with van der Waals surface area (Å²) >= 11 is 13.0. The van der Waals surface area contributed by atoms with Gasteiger partial charge in [0.2, 0.25) is 5.91 Å². The van der Waals surface area contributed by atoms with Gasteiger partial charge in [-0.2, -0.15) is 0 Å². The standard InChI is InChI=1S/C22H24Cl2F2N2O/c1-27(2)8-7-14-10-18(23)22(19(24)11-14)28-13-15(3-6-21(28)29)9-16-4-5-17(25)12-20(16)26/h4-5,10-12,15H,3,6-9,13H2,1-2H3. The van der Waals surface area contributed by atoms with Gasteiger partial charge in [-0.15, -0.1) is 0 Å². The SMILES string of the molecule is CN(C)CCc1cc(Cl)c(N2CC(Cc3ccc(F)cc3F)CCC2=O)c(Cl)c1. The fourth-order valence-electron chi connectivity index (χ4n) is 3.67. The van der Waals surface area contributed by atoms with Crippen molar-refractivity contribution >= 4 is 34.8 Å². The minimum absolute atomic E-state index is 0.0354. The number of carbonyl (C=O) groups is 1. The molecule has 1 fully saturated rings. The van der Waals surface area contributed by atoms with E-state index in [1.54, 1.807) is 4.90 Å². The van der Waals surface area contributed by atoms with Gasteiger partial charge >= 0.3 is 0 Å². The van der Waals surface area contributed by atoms with Gasteiger partial charge in [-0.05, 0) is 68.6 Å². The summed E-state index contributed by atoms with van der Waals surface area (Å²) in [7, 11) is 3.99. The van der Waals surface area contributed by atoms with Crippen LogP contribution in [0.25, 0.3) is 0 Å². The highest BCUT2D eigenvalue weighted by molar-refractivity contribution is 6.40. The van der Waals surface area contributed by atoms with Crippen LogP contribution < -0.4 is 4.90 Å². The van der Waals surface area contributed by atoms with E-state index < -0.39 is 11.6 Å². The minimum Gasteiger partial charge on any atom is -0.309 e. The smallest absolute Gasteiger partial charge is 0.227 e. The first-order valence-electron chi connectivity index (χ1n) is 9.61. The molecule has 0 aliphatic carbocycles. The minimum atomic E-state index is -0.598. The number of hydrogen-bond donors (Lipinski definition) is 0. The summed E-state index contributed by atoms with van der Waals surface area (Å²) in [5.41, 5.74) is 1.96. The zero-order chi connectivity index (χ0) is 21.1. The van der Waals surface area contributed by atoms with E-state index in [1.165, 1.54) is 12.1 Å². The highest BCUT2D eigenvalue weighted by Crippen LogP contribution is 2.38. The Labute approximate surface area is 180 Å². The molecule has 0 spiro atoms. The number of rotatable bonds is 6. The average molecular weight is 441 g/mol. The van der Waals surface area contributed by atoms with Crippen LogP contribution in [-0.4, -0.2) is 38.0 Å². The number of hydrogen-bond acceptors (Lipinski definition) is 2. The van der Waals surface area contributed by atoms with Crippen LogP contribution in [-0.2, 0) is 17.6 Å². The molecular formula is C22H24Cl2F2N2O. The Morgan fingerprint density at radius 2 is 1.83 bits per heavy atom. The molecule has 0 radical (unpaired) electrons. The van der Waals surface area contributed by atoms with Crippen LogP contribution >= 0.6 is 23.2 Å². The van der Waals surface area contributed by atoms with Crippen LogP contribution in [0.1, 0.15) is 24.0 Å². The molecule has 2 aromatic rings. The molecule has 0 N–H and O–H groups in total. The largest absolute Gasteiger partial charge is 0.309 e. The Balaban J connectivity index is 1.79. The van der Waals surface area contributed by atoms with Crippen LogP contribution in [0.2, 0.25) is 10.0 Å².